The first-order valence-corrected chi connectivity index (χ1v) is 7.19. The van der Waals surface area contributed by atoms with Crippen LogP contribution in [0.3, 0.4) is 0 Å². The van der Waals surface area contributed by atoms with Crippen LogP contribution in [0.15, 0.2) is 34.7 Å². The molecule has 0 saturated heterocycles. The van der Waals surface area contributed by atoms with Crippen molar-refractivity contribution in [3.8, 4) is 11.5 Å². The Balaban J connectivity index is 1.46. The normalized spacial score (nSPS) is 13.6. The van der Waals surface area contributed by atoms with Crippen molar-refractivity contribution in [1.29, 1.82) is 0 Å². The number of hydrogen-bond donors (Lipinski definition) is 2. The Bertz CT molecular complexity index is 664. The summed E-state index contributed by atoms with van der Waals surface area (Å²) in [5.74, 6) is 0.469. The molecule has 1 fully saturated rings. The highest BCUT2D eigenvalue weighted by Gasteiger charge is 2.29. The number of nitrogens with one attached hydrogen (secondary N) is 2. The summed E-state index contributed by atoms with van der Waals surface area (Å²) in [5.41, 5.74) is 5.63. The predicted octanol–water partition coefficient (Wildman–Crippen LogP) is 1.23. The molecule has 22 heavy (non-hydrogen) atoms. The van der Waals surface area contributed by atoms with Crippen LogP contribution in [-0.4, -0.2) is 22.0 Å². The molecule has 7 nitrogen and oxygen atoms in total. The number of hydrazine groups is 1. The number of hydrogen-bond acceptors (Lipinski definition) is 5. The highest BCUT2D eigenvalue weighted by molar-refractivity contribution is 5.84. The Morgan fingerprint density at radius 1 is 1.14 bits per heavy atom. The maximum Gasteiger partial charge on any atom is 0.247 e. The molecule has 0 unspecified atom stereocenters. The summed E-state index contributed by atoms with van der Waals surface area (Å²) in [4.78, 5) is 23.0. The summed E-state index contributed by atoms with van der Waals surface area (Å²) in [6.45, 7) is 0. The van der Waals surface area contributed by atoms with Crippen LogP contribution in [0.1, 0.15) is 25.2 Å². The Kier molecular flexibility index (Phi) is 4.13. The van der Waals surface area contributed by atoms with Crippen LogP contribution in [-0.2, 0) is 16.0 Å². The summed E-state index contributed by atoms with van der Waals surface area (Å²) >= 11 is 0. The van der Waals surface area contributed by atoms with Crippen LogP contribution in [0.4, 0.5) is 0 Å². The first-order valence-electron chi connectivity index (χ1n) is 7.19. The fraction of sp³-hybridized carbons (Fsp3) is 0.333. The molecule has 2 N–H and O–H groups in total. The Morgan fingerprint density at radius 3 is 2.64 bits per heavy atom. The Labute approximate surface area is 127 Å². The van der Waals surface area contributed by atoms with Crippen molar-refractivity contribution in [2.45, 2.75) is 25.7 Å². The van der Waals surface area contributed by atoms with Gasteiger partial charge in [0.1, 0.15) is 0 Å². The van der Waals surface area contributed by atoms with Crippen molar-refractivity contribution in [1.82, 2.24) is 21.0 Å². The standard InChI is InChI=1S/C15H16N4O3/c20-12(16-18-14(21)10-6-7-10)8-9-13-17-19-15(22-13)11-4-2-1-3-5-11/h1-5,10H,6-9H2,(H,16,20)(H,18,21). The second kappa shape index (κ2) is 6.38. The quantitative estimate of drug-likeness (QED) is 0.809. The van der Waals surface area contributed by atoms with Crippen molar-refractivity contribution in [3.63, 3.8) is 0 Å². The summed E-state index contributed by atoms with van der Waals surface area (Å²) < 4.78 is 5.50. The van der Waals surface area contributed by atoms with Crippen LogP contribution < -0.4 is 10.9 Å². The van der Waals surface area contributed by atoms with Gasteiger partial charge >= 0.3 is 0 Å². The molecule has 0 aliphatic heterocycles. The molecule has 0 spiro atoms. The number of aromatic nitrogens is 2. The lowest BCUT2D eigenvalue weighted by molar-refractivity contribution is -0.129. The van der Waals surface area contributed by atoms with E-state index in [1.807, 2.05) is 30.3 Å². The Morgan fingerprint density at radius 2 is 1.91 bits per heavy atom. The molecular formula is C15H16N4O3. The molecule has 1 saturated carbocycles. The van der Waals surface area contributed by atoms with E-state index in [2.05, 4.69) is 21.0 Å². The zero-order valence-electron chi connectivity index (χ0n) is 11.9. The highest BCUT2D eigenvalue weighted by Crippen LogP contribution is 2.28. The third kappa shape index (κ3) is 3.69. The number of aryl methyl sites for hydroxylation is 1. The fourth-order valence-corrected chi connectivity index (χ4v) is 1.91. The average molecular weight is 300 g/mol. The lowest BCUT2D eigenvalue weighted by Crippen LogP contribution is -2.42. The molecule has 7 heteroatoms. The molecule has 1 aliphatic carbocycles. The zero-order chi connectivity index (χ0) is 15.4. The van der Waals surface area contributed by atoms with Crippen LogP contribution in [0.2, 0.25) is 0 Å². The van der Waals surface area contributed by atoms with E-state index in [4.69, 9.17) is 4.42 Å². The summed E-state index contributed by atoms with van der Waals surface area (Å²) in [6, 6.07) is 9.42. The van der Waals surface area contributed by atoms with Crippen LogP contribution in [0, 0.1) is 5.92 Å². The molecule has 3 rings (SSSR count). The van der Waals surface area contributed by atoms with Crippen LogP contribution in [0.5, 0.6) is 0 Å². The molecule has 1 aromatic heterocycles. The SMILES string of the molecule is O=C(CCc1nnc(-c2ccccc2)o1)NNC(=O)C1CC1. The molecule has 1 heterocycles. The van der Waals surface area contributed by atoms with E-state index in [1.54, 1.807) is 0 Å². The molecule has 2 aromatic rings. The maximum absolute atomic E-state index is 11.6. The maximum atomic E-state index is 11.6. The molecule has 0 bridgehead atoms. The van der Waals surface area contributed by atoms with E-state index >= 15 is 0 Å². The lowest BCUT2D eigenvalue weighted by atomic mass is 10.2. The van der Waals surface area contributed by atoms with Gasteiger partial charge in [-0.1, -0.05) is 18.2 Å². The number of benzene rings is 1. The van der Waals surface area contributed by atoms with Gasteiger partial charge in [-0.05, 0) is 25.0 Å². The molecular weight excluding hydrogens is 284 g/mol. The average Bonchev–Trinajstić information content (AvgIpc) is 3.30. The smallest absolute Gasteiger partial charge is 0.247 e. The number of rotatable bonds is 5. The largest absolute Gasteiger partial charge is 0.421 e. The summed E-state index contributed by atoms with van der Waals surface area (Å²) in [7, 11) is 0. The van der Waals surface area contributed by atoms with E-state index in [1.165, 1.54) is 0 Å². The fourth-order valence-electron chi connectivity index (χ4n) is 1.91. The minimum absolute atomic E-state index is 0.0599. The first kappa shape index (κ1) is 14.2. The van der Waals surface area contributed by atoms with E-state index in [0.29, 0.717) is 18.2 Å². The number of amides is 2. The van der Waals surface area contributed by atoms with Gasteiger partial charge in [0.15, 0.2) is 0 Å². The number of carbonyl (C=O) groups excluding carboxylic acids is 2. The Hall–Kier alpha value is -2.70. The van der Waals surface area contributed by atoms with Crippen molar-refractivity contribution in [3.05, 3.63) is 36.2 Å². The van der Waals surface area contributed by atoms with Gasteiger partial charge in [0, 0.05) is 24.3 Å². The lowest BCUT2D eigenvalue weighted by Gasteiger charge is -2.05. The van der Waals surface area contributed by atoms with Gasteiger partial charge in [0.2, 0.25) is 23.6 Å². The highest BCUT2D eigenvalue weighted by atomic mass is 16.4. The van der Waals surface area contributed by atoms with Crippen LogP contribution in [0.25, 0.3) is 11.5 Å². The summed E-state index contributed by atoms with van der Waals surface area (Å²) in [5, 5.41) is 7.87. The first-order chi connectivity index (χ1) is 10.7. The second-order valence-corrected chi connectivity index (χ2v) is 5.18. The topological polar surface area (TPSA) is 97.1 Å². The molecule has 0 atom stereocenters. The molecule has 0 radical (unpaired) electrons. The second-order valence-electron chi connectivity index (χ2n) is 5.18. The van der Waals surface area contributed by atoms with Gasteiger partial charge in [-0.15, -0.1) is 10.2 Å². The number of carbonyl (C=O) groups is 2. The van der Waals surface area contributed by atoms with Gasteiger partial charge in [0.25, 0.3) is 0 Å². The zero-order valence-corrected chi connectivity index (χ0v) is 11.9. The van der Waals surface area contributed by atoms with E-state index in [9.17, 15) is 9.59 Å². The molecule has 114 valence electrons. The van der Waals surface area contributed by atoms with Gasteiger partial charge in [-0.25, -0.2) is 0 Å². The molecule has 1 aromatic carbocycles. The van der Waals surface area contributed by atoms with Gasteiger partial charge < -0.3 is 4.42 Å². The van der Waals surface area contributed by atoms with E-state index in [-0.39, 0.29) is 24.2 Å². The molecule has 1 aliphatic rings. The van der Waals surface area contributed by atoms with E-state index in [0.717, 1.165) is 18.4 Å². The monoisotopic (exact) mass is 300 g/mol. The third-order valence-electron chi connectivity index (χ3n) is 3.33. The number of nitrogens with zero attached hydrogens (tertiary/aromatic N) is 2. The summed E-state index contributed by atoms with van der Waals surface area (Å²) in [6.07, 6.45) is 2.28. The molecule has 2 amide bonds. The van der Waals surface area contributed by atoms with Gasteiger partial charge in [0.05, 0.1) is 0 Å². The van der Waals surface area contributed by atoms with Crippen molar-refractivity contribution < 1.29 is 14.0 Å². The predicted molar refractivity (Wildman–Crippen MR) is 77.1 cm³/mol. The van der Waals surface area contributed by atoms with Crippen molar-refractivity contribution in [2.24, 2.45) is 5.92 Å². The van der Waals surface area contributed by atoms with Gasteiger partial charge in [-0.2, -0.15) is 0 Å². The minimum Gasteiger partial charge on any atom is -0.421 e. The van der Waals surface area contributed by atoms with Crippen molar-refractivity contribution >= 4 is 11.8 Å². The van der Waals surface area contributed by atoms with E-state index < -0.39 is 0 Å². The third-order valence-corrected chi connectivity index (χ3v) is 3.33. The minimum atomic E-state index is -0.284. The van der Waals surface area contributed by atoms with Gasteiger partial charge in [-0.3, -0.25) is 20.4 Å². The van der Waals surface area contributed by atoms with Crippen molar-refractivity contribution in [2.75, 3.05) is 0 Å². The van der Waals surface area contributed by atoms with Crippen LogP contribution >= 0.6 is 0 Å².